The van der Waals surface area contributed by atoms with Gasteiger partial charge in [-0.3, -0.25) is 9.36 Å². The van der Waals surface area contributed by atoms with Gasteiger partial charge in [-0.2, -0.15) is 0 Å². The number of carbonyl (C=O) groups excluding carboxylic acids is 1. The number of hydrogen-bond donors (Lipinski definition) is 2. The molecule has 6 nitrogen and oxygen atoms in total. The largest absolute Gasteiger partial charge is 0.352 e. The molecule has 3 rings (SSSR count). The van der Waals surface area contributed by atoms with Crippen molar-refractivity contribution < 1.29 is 4.79 Å². The number of benzene rings is 1. The Labute approximate surface area is 143 Å². The number of thiazole rings is 1. The van der Waals surface area contributed by atoms with Gasteiger partial charge in [-0.15, -0.1) is 11.3 Å². The van der Waals surface area contributed by atoms with Gasteiger partial charge in [-0.25, -0.2) is 9.78 Å². The first-order valence-electron chi connectivity index (χ1n) is 7.61. The maximum absolute atomic E-state index is 12.2. The van der Waals surface area contributed by atoms with E-state index in [2.05, 4.69) is 15.3 Å². The second kappa shape index (κ2) is 6.84. The van der Waals surface area contributed by atoms with Crippen molar-refractivity contribution in [2.45, 2.75) is 20.3 Å². The Bertz CT molecular complexity index is 905. The fraction of sp³-hybridized carbons (Fsp3) is 0.235. The first-order chi connectivity index (χ1) is 11.5. The second-order valence-corrected chi connectivity index (χ2v) is 6.54. The zero-order chi connectivity index (χ0) is 17.1. The van der Waals surface area contributed by atoms with Crippen LogP contribution in [0.1, 0.15) is 26.8 Å². The van der Waals surface area contributed by atoms with Crippen LogP contribution in [0.15, 0.2) is 40.6 Å². The molecule has 7 heteroatoms. The summed E-state index contributed by atoms with van der Waals surface area (Å²) in [6, 6.07) is 6.97. The summed E-state index contributed by atoms with van der Waals surface area (Å²) in [6.45, 7) is 4.35. The highest BCUT2D eigenvalue weighted by atomic mass is 32.1. The van der Waals surface area contributed by atoms with E-state index in [9.17, 15) is 9.59 Å². The Balaban J connectivity index is 1.62. The molecule has 0 saturated carbocycles. The van der Waals surface area contributed by atoms with Crippen LogP contribution >= 0.6 is 11.3 Å². The van der Waals surface area contributed by atoms with Crippen molar-refractivity contribution in [2.24, 2.45) is 0 Å². The number of aromatic nitrogens is 3. The normalized spacial score (nSPS) is 10.8. The Morgan fingerprint density at radius 1 is 1.29 bits per heavy atom. The number of aromatic amines is 1. The van der Waals surface area contributed by atoms with Crippen molar-refractivity contribution >= 4 is 17.2 Å². The van der Waals surface area contributed by atoms with Gasteiger partial charge < -0.3 is 10.3 Å². The molecular formula is C17H18N4O2S. The lowest BCUT2D eigenvalue weighted by atomic mass is 10.2. The summed E-state index contributed by atoms with van der Waals surface area (Å²) in [5.74, 6) is -0.133. The van der Waals surface area contributed by atoms with Gasteiger partial charge >= 0.3 is 5.69 Å². The minimum atomic E-state index is -0.191. The molecular weight excluding hydrogens is 324 g/mol. The molecule has 0 saturated heterocycles. The number of amides is 1. The molecule has 1 amide bonds. The molecule has 1 aromatic carbocycles. The second-order valence-electron chi connectivity index (χ2n) is 5.48. The van der Waals surface area contributed by atoms with Gasteiger partial charge in [-0.1, -0.05) is 0 Å². The highest BCUT2D eigenvalue weighted by Crippen LogP contribution is 2.11. The summed E-state index contributed by atoms with van der Waals surface area (Å²) in [6.07, 6.45) is 2.37. The minimum absolute atomic E-state index is 0.133. The predicted octanol–water partition coefficient (Wildman–Crippen LogP) is 2.21. The van der Waals surface area contributed by atoms with E-state index in [4.69, 9.17) is 0 Å². The summed E-state index contributed by atoms with van der Waals surface area (Å²) in [5, 5.41) is 5.92. The number of H-pyrrole nitrogens is 1. The lowest BCUT2D eigenvalue weighted by Gasteiger charge is -2.07. The molecule has 2 N–H and O–H groups in total. The lowest BCUT2D eigenvalue weighted by Crippen LogP contribution is -2.25. The number of nitrogens with one attached hydrogen (secondary N) is 2. The summed E-state index contributed by atoms with van der Waals surface area (Å²) in [5.41, 5.74) is 2.91. The number of aryl methyl sites for hydroxylation is 2. The number of carbonyl (C=O) groups is 1. The van der Waals surface area contributed by atoms with Crippen LogP contribution in [0, 0.1) is 13.8 Å². The van der Waals surface area contributed by atoms with Crippen LogP contribution < -0.4 is 11.0 Å². The topological polar surface area (TPSA) is 79.8 Å². The number of hydrogen-bond acceptors (Lipinski definition) is 4. The maximum atomic E-state index is 12.2. The van der Waals surface area contributed by atoms with Gasteiger partial charge in [0.25, 0.3) is 5.91 Å². The van der Waals surface area contributed by atoms with Gasteiger partial charge in [0.05, 0.1) is 16.4 Å². The van der Waals surface area contributed by atoms with E-state index in [1.54, 1.807) is 46.4 Å². The third-order valence-electron chi connectivity index (χ3n) is 3.68. The van der Waals surface area contributed by atoms with Crippen molar-refractivity contribution in [3.8, 4) is 5.69 Å². The van der Waals surface area contributed by atoms with Crippen molar-refractivity contribution in [3.63, 3.8) is 0 Å². The van der Waals surface area contributed by atoms with Crippen LogP contribution in [0.25, 0.3) is 5.69 Å². The van der Waals surface area contributed by atoms with Crippen LogP contribution in [0.5, 0.6) is 0 Å². The average Bonchev–Trinajstić information content (AvgIpc) is 3.13. The third kappa shape index (κ3) is 3.46. The Morgan fingerprint density at radius 2 is 2.04 bits per heavy atom. The van der Waals surface area contributed by atoms with E-state index in [0.717, 1.165) is 22.1 Å². The van der Waals surface area contributed by atoms with Gasteiger partial charge in [0.1, 0.15) is 0 Å². The van der Waals surface area contributed by atoms with E-state index >= 15 is 0 Å². The Hall–Kier alpha value is -2.67. The van der Waals surface area contributed by atoms with Gasteiger partial charge in [0.2, 0.25) is 0 Å². The molecule has 2 aromatic heterocycles. The maximum Gasteiger partial charge on any atom is 0.330 e. The fourth-order valence-corrected chi connectivity index (χ4v) is 3.11. The number of nitrogens with zero attached hydrogens (tertiary/aromatic N) is 2. The number of imidazole rings is 1. The zero-order valence-electron chi connectivity index (χ0n) is 13.5. The van der Waals surface area contributed by atoms with Crippen molar-refractivity contribution in [2.75, 3.05) is 6.54 Å². The van der Waals surface area contributed by atoms with E-state index in [1.807, 2.05) is 19.2 Å². The molecule has 0 spiro atoms. The van der Waals surface area contributed by atoms with Gasteiger partial charge in [0.15, 0.2) is 0 Å². The van der Waals surface area contributed by atoms with E-state index in [0.29, 0.717) is 18.5 Å². The predicted molar refractivity (Wildman–Crippen MR) is 94.0 cm³/mol. The summed E-state index contributed by atoms with van der Waals surface area (Å²) >= 11 is 1.61. The molecule has 0 radical (unpaired) electrons. The van der Waals surface area contributed by atoms with E-state index < -0.39 is 0 Å². The van der Waals surface area contributed by atoms with Crippen molar-refractivity contribution in [1.29, 1.82) is 0 Å². The number of rotatable bonds is 5. The minimum Gasteiger partial charge on any atom is -0.352 e. The molecule has 0 fully saturated rings. The average molecular weight is 342 g/mol. The van der Waals surface area contributed by atoms with Crippen LogP contribution in [0.3, 0.4) is 0 Å². The lowest BCUT2D eigenvalue weighted by molar-refractivity contribution is 0.0954. The van der Waals surface area contributed by atoms with Crippen molar-refractivity contribution in [3.05, 3.63) is 68.3 Å². The van der Waals surface area contributed by atoms with Crippen LogP contribution in [-0.2, 0) is 6.42 Å². The molecule has 2 heterocycles. The SMILES string of the molecule is Cc1nc(CCNC(=O)c2ccc(-n3c(C)c[nH]c3=O)cc2)cs1. The smallest absolute Gasteiger partial charge is 0.330 e. The molecule has 124 valence electrons. The molecule has 0 aliphatic heterocycles. The molecule has 0 unspecified atom stereocenters. The van der Waals surface area contributed by atoms with Crippen LogP contribution in [0.2, 0.25) is 0 Å². The van der Waals surface area contributed by atoms with E-state index in [1.165, 1.54) is 0 Å². The molecule has 0 aliphatic carbocycles. The molecule has 0 atom stereocenters. The van der Waals surface area contributed by atoms with Gasteiger partial charge in [-0.05, 0) is 38.1 Å². The Kier molecular flexibility index (Phi) is 4.61. The quantitative estimate of drug-likeness (QED) is 0.746. The van der Waals surface area contributed by atoms with E-state index in [-0.39, 0.29) is 11.6 Å². The van der Waals surface area contributed by atoms with Crippen LogP contribution in [-0.4, -0.2) is 27.0 Å². The summed E-state index contributed by atoms with van der Waals surface area (Å²) < 4.78 is 1.56. The van der Waals surface area contributed by atoms with Gasteiger partial charge in [0, 0.05) is 35.8 Å². The monoisotopic (exact) mass is 342 g/mol. The summed E-state index contributed by atoms with van der Waals surface area (Å²) in [7, 11) is 0. The highest BCUT2D eigenvalue weighted by molar-refractivity contribution is 7.09. The van der Waals surface area contributed by atoms with Crippen LogP contribution in [0.4, 0.5) is 0 Å². The molecule has 0 bridgehead atoms. The third-order valence-corrected chi connectivity index (χ3v) is 4.50. The first-order valence-corrected chi connectivity index (χ1v) is 8.49. The first kappa shape index (κ1) is 16.2. The van der Waals surface area contributed by atoms with Crippen molar-refractivity contribution in [1.82, 2.24) is 19.9 Å². The molecule has 3 aromatic rings. The Morgan fingerprint density at radius 3 is 2.62 bits per heavy atom. The highest BCUT2D eigenvalue weighted by Gasteiger charge is 2.08. The molecule has 0 aliphatic rings. The zero-order valence-corrected chi connectivity index (χ0v) is 14.3. The molecule has 24 heavy (non-hydrogen) atoms. The summed E-state index contributed by atoms with van der Waals surface area (Å²) in [4.78, 5) is 30.9. The fourth-order valence-electron chi connectivity index (χ4n) is 2.47. The standard InChI is InChI=1S/C17H18N4O2S/c1-11-9-19-17(23)21(11)15-5-3-13(4-6-15)16(22)18-8-7-14-10-24-12(2)20-14/h3-6,9-10H,7-8H2,1-2H3,(H,18,22)(H,19,23).